The van der Waals surface area contributed by atoms with E-state index in [1.807, 2.05) is 0 Å². The number of anilines is 1. The minimum absolute atomic E-state index is 0.153. The fraction of sp³-hybridized carbons (Fsp3) is 0.267. The van der Waals surface area contributed by atoms with Crippen LogP contribution in [0.25, 0.3) is 0 Å². The third kappa shape index (κ3) is 4.72. The van der Waals surface area contributed by atoms with Gasteiger partial charge in [0.25, 0.3) is 0 Å². The van der Waals surface area contributed by atoms with E-state index in [0.29, 0.717) is 23.6 Å². The van der Waals surface area contributed by atoms with Gasteiger partial charge in [0, 0.05) is 25.0 Å². The second-order valence-corrected chi connectivity index (χ2v) is 5.29. The van der Waals surface area contributed by atoms with Gasteiger partial charge in [-0.15, -0.1) is 0 Å². The summed E-state index contributed by atoms with van der Waals surface area (Å²) in [5.74, 6) is 0. The molecule has 2 heterocycles. The number of nitrogens with one attached hydrogen (secondary N) is 3. The van der Waals surface area contributed by atoms with Gasteiger partial charge in [-0.2, -0.15) is 13.2 Å². The van der Waals surface area contributed by atoms with Gasteiger partial charge in [0.1, 0.15) is 0 Å². The molecule has 0 aromatic carbocycles. The van der Waals surface area contributed by atoms with Crippen LogP contribution in [0, 0.1) is 5.41 Å². The number of pyridine rings is 2. The molecule has 0 aliphatic carbocycles. The Labute approximate surface area is 139 Å². The Kier molecular flexibility index (Phi) is 5.30. The smallest absolute Gasteiger partial charge is 0.382 e. The minimum Gasteiger partial charge on any atom is -0.382 e. The van der Waals surface area contributed by atoms with Crippen LogP contribution < -0.4 is 22.1 Å². The molecule has 25 heavy (non-hydrogen) atoms. The molecule has 0 atom stereocenters. The summed E-state index contributed by atoms with van der Waals surface area (Å²) in [5.41, 5.74) is 3.87. The fourth-order valence-electron chi connectivity index (χ4n) is 2.22. The summed E-state index contributed by atoms with van der Waals surface area (Å²) in [6.07, 6.45) is -1.64. The maximum atomic E-state index is 12.9. The van der Waals surface area contributed by atoms with E-state index < -0.39 is 23.3 Å². The lowest BCUT2D eigenvalue weighted by atomic mass is 10.1. The van der Waals surface area contributed by atoms with E-state index in [2.05, 4.69) is 10.3 Å². The van der Waals surface area contributed by atoms with Crippen molar-refractivity contribution in [3.63, 3.8) is 0 Å². The number of primary amides is 1. The van der Waals surface area contributed by atoms with Crippen LogP contribution in [0.15, 0.2) is 35.4 Å². The van der Waals surface area contributed by atoms with Gasteiger partial charge in [-0.05, 0) is 30.5 Å². The van der Waals surface area contributed by atoms with Crippen LogP contribution >= 0.6 is 0 Å². The molecule has 0 aliphatic rings. The SMILES string of the molecule is N=c1c(NCCCc2cc[nH]c(=O)c2)cc(C(F)(F)F)cn1C(N)=O. The standard InChI is InChI=1S/C15H16F3N5O2/c16-15(17,18)10-7-11(13(19)23(8-10)14(20)25)21-4-1-2-9-3-5-22-12(24)6-9/h3,5-8,19,21H,1-2,4H2,(H2,20,25)(H,22,24). The number of aryl methyl sites for hydroxylation is 1. The van der Waals surface area contributed by atoms with Crippen molar-refractivity contribution in [2.75, 3.05) is 11.9 Å². The maximum absolute atomic E-state index is 12.9. The van der Waals surface area contributed by atoms with E-state index in [1.165, 1.54) is 12.3 Å². The average Bonchev–Trinajstić information content (AvgIpc) is 2.51. The number of H-pyrrole nitrogens is 1. The molecule has 0 fully saturated rings. The van der Waals surface area contributed by atoms with Crippen molar-refractivity contribution in [3.8, 4) is 0 Å². The zero-order valence-corrected chi connectivity index (χ0v) is 13.0. The monoisotopic (exact) mass is 355 g/mol. The van der Waals surface area contributed by atoms with Crippen LogP contribution in [0.3, 0.4) is 0 Å². The number of amides is 1. The van der Waals surface area contributed by atoms with Crippen LogP contribution in [0.2, 0.25) is 0 Å². The number of nitrogens with two attached hydrogens (primary N) is 1. The van der Waals surface area contributed by atoms with Gasteiger partial charge in [-0.25, -0.2) is 4.79 Å². The Morgan fingerprint density at radius 2 is 2.08 bits per heavy atom. The summed E-state index contributed by atoms with van der Waals surface area (Å²) >= 11 is 0. The Morgan fingerprint density at radius 1 is 1.36 bits per heavy atom. The van der Waals surface area contributed by atoms with E-state index in [1.54, 1.807) is 6.07 Å². The van der Waals surface area contributed by atoms with E-state index in [0.717, 1.165) is 11.6 Å². The number of aromatic nitrogens is 2. The van der Waals surface area contributed by atoms with Crippen molar-refractivity contribution >= 4 is 11.7 Å². The van der Waals surface area contributed by atoms with Crippen molar-refractivity contribution in [2.45, 2.75) is 19.0 Å². The molecule has 0 bridgehead atoms. The van der Waals surface area contributed by atoms with Crippen LogP contribution in [0.1, 0.15) is 17.5 Å². The number of aromatic amines is 1. The first-order chi connectivity index (χ1) is 11.7. The molecule has 5 N–H and O–H groups in total. The second-order valence-electron chi connectivity index (χ2n) is 5.29. The fourth-order valence-corrected chi connectivity index (χ4v) is 2.22. The van der Waals surface area contributed by atoms with E-state index in [9.17, 15) is 22.8 Å². The first-order valence-corrected chi connectivity index (χ1v) is 7.28. The summed E-state index contributed by atoms with van der Waals surface area (Å²) < 4.78 is 39.1. The summed E-state index contributed by atoms with van der Waals surface area (Å²) in [6, 6.07) is 2.74. The quantitative estimate of drug-likeness (QED) is 0.611. The first-order valence-electron chi connectivity index (χ1n) is 7.28. The molecule has 7 nitrogen and oxygen atoms in total. The normalized spacial score (nSPS) is 11.3. The minimum atomic E-state index is -4.67. The largest absolute Gasteiger partial charge is 0.417 e. The highest BCUT2D eigenvalue weighted by atomic mass is 19.4. The van der Waals surface area contributed by atoms with Crippen molar-refractivity contribution < 1.29 is 18.0 Å². The number of hydrogen-bond acceptors (Lipinski definition) is 4. The first kappa shape index (κ1) is 18.3. The number of nitrogens with zero attached hydrogens (tertiary/aromatic N) is 1. The molecule has 134 valence electrons. The lowest BCUT2D eigenvalue weighted by Gasteiger charge is -2.14. The number of rotatable bonds is 5. The molecule has 0 aliphatic heterocycles. The topological polar surface area (TPSA) is 117 Å². The molecule has 2 rings (SSSR count). The van der Waals surface area contributed by atoms with Crippen LogP contribution in [-0.4, -0.2) is 22.1 Å². The van der Waals surface area contributed by atoms with Gasteiger partial charge in [-0.1, -0.05) is 0 Å². The molecule has 2 aromatic heterocycles. The predicted molar refractivity (Wildman–Crippen MR) is 84.1 cm³/mol. The van der Waals surface area contributed by atoms with Crippen molar-refractivity contribution in [1.82, 2.24) is 9.55 Å². The van der Waals surface area contributed by atoms with Crippen LogP contribution in [-0.2, 0) is 12.6 Å². The van der Waals surface area contributed by atoms with Gasteiger partial charge >= 0.3 is 12.2 Å². The summed E-state index contributed by atoms with van der Waals surface area (Å²) in [5, 5.41) is 10.5. The Hall–Kier alpha value is -3.04. The van der Waals surface area contributed by atoms with E-state index in [4.69, 9.17) is 11.1 Å². The number of carbonyl (C=O) groups is 1. The molecule has 1 amide bonds. The molecule has 0 spiro atoms. The molecule has 0 unspecified atom stereocenters. The highest BCUT2D eigenvalue weighted by molar-refractivity contribution is 5.75. The number of carbonyl (C=O) groups excluding carboxylic acids is 1. The molecule has 2 aromatic rings. The number of halogens is 3. The highest BCUT2D eigenvalue weighted by Crippen LogP contribution is 2.29. The number of alkyl halides is 3. The zero-order valence-electron chi connectivity index (χ0n) is 13.0. The molecule has 0 radical (unpaired) electrons. The van der Waals surface area contributed by atoms with Gasteiger partial charge in [0.05, 0.1) is 11.3 Å². The zero-order chi connectivity index (χ0) is 18.6. The van der Waals surface area contributed by atoms with E-state index in [-0.39, 0.29) is 17.8 Å². The van der Waals surface area contributed by atoms with Crippen molar-refractivity contribution in [3.05, 3.63) is 57.6 Å². The van der Waals surface area contributed by atoms with Gasteiger partial charge in [-0.3, -0.25) is 14.8 Å². The Bertz CT molecular complexity index is 886. The Morgan fingerprint density at radius 3 is 2.68 bits per heavy atom. The summed E-state index contributed by atoms with van der Waals surface area (Å²) in [6.45, 7) is 0.249. The molecule has 0 saturated carbocycles. The van der Waals surface area contributed by atoms with Crippen molar-refractivity contribution in [1.29, 1.82) is 5.41 Å². The lowest BCUT2D eigenvalue weighted by Crippen LogP contribution is -2.34. The third-order valence-electron chi connectivity index (χ3n) is 3.43. The van der Waals surface area contributed by atoms with E-state index >= 15 is 0 Å². The Balaban J connectivity index is 2.13. The van der Waals surface area contributed by atoms with Crippen LogP contribution in [0.4, 0.5) is 23.7 Å². The molecular weight excluding hydrogens is 339 g/mol. The van der Waals surface area contributed by atoms with Gasteiger partial charge in [0.15, 0.2) is 5.49 Å². The predicted octanol–water partition coefficient (Wildman–Crippen LogP) is 1.65. The average molecular weight is 355 g/mol. The second kappa shape index (κ2) is 7.24. The highest BCUT2D eigenvalue weighted by Gasteiger charge is 2.32. The maximum Gasteiger partial charge on any atom is 0.417 e. The van der Waals surface area contributed by atoms with Gasteiger partial charge < -0.3 is 16.0 Å². The molecule has 10 heteroatoms. The molecular formula is C15H16F3N5O2. The summed E-state index contributed by atoms with van der Waals surface area (Å²) in [4.78, 5) is 24.9. The van der Waals surface area contributed by atoms with Crippen LogP contribution in [0.5, 0.6) is 0 Å². The summed E-state index contributed by atoms with van der Waals surface area (Å²) in [7, 11) is 0. The van der Waals surface area contributed by atoms with Crippen molar-refractivity contribution in [2.24, 2.45) is 5.73 Å². The number of hydrogen-bond donors (Lipinski definition) is 4. The lowest BCUT2D eigenvalue weighted by molar-refractivity contribution is -0.137. The molecule has 0 saturated heterocycles. The van der Waals surface area contributed by atoms with Gasteiger partial charge in [0.2, 0.25) is 5.56 Å². The third-order valence-corrected chi connectivity index (χ3v) is 3.43.